The lowest BCUT2D eigenvalue weighted by atomic mass is 9.93. The number of nitrogens with zero attached hydrogens (tertiary/aromatic N) is 3. The molecule has 2 aromatic heterocycles. The molecule has 0 aromatic carbocycles. The van der Waals surface area contributed by atoms with E-state index in [9.17, 15) is 4.79 Å². The van der Waals surface area contributed by atoms with E-state index in [1.54, 1.807) is 6.07 Å². The predicted molar refractivity (Wildman–Crippen MR) is 63.8 cm³/mol. The first-order valence-corrected chi connectivity index (χ1v) is 5.77. The Morgan fingerprint density at radius 3 is 3.17 bits per heavy atom. The molecule has 0 bridgehead atoms. The number of pyridine rings is 1. The highest BCUT2D eigenvalue weighted by Crippen LogP contribution is 2.25. The van der Waals surface area contributed by atoms with Crippen LogP contribution in [0.15, 0.2) is 12.3 Å². The average molecular weight is 241 g/mol. The molecule has 3 heterocycles. The van der Waals surface area contributed by atoms with Gasteiger partial charge in [0.2, 0.25) is 0 Å². The molecule has 6 nitrogen and oxygen atoms in total. The minimum absolute atomic E-state index is 0.196. The van der Waals surface area contributed by atoms with Gasteiger partial charge in [-0.3, -0.25) is 9.89 Å². The van der Waals surface area contributed by atoms with Crippen LogP contribution in [0.25, 0.3) is 11.0 Å². The third kappa shape index (κ3) is 1.65. The van der Waals surface area contributed by atoms with Crippen molar-refractivity contribution in [2.45, 2.75) is 12.3 Å². The summed E-state index contributed by atoms with van der Waals surface area (Å²) in [6, 6.07) is 3.77. The van der Waals surface area contributed by atoms with Crippen LogP contribution in [0.2, 0.25) is 0 Å². The van der Waals surface area contributed by atoms with Gasteiger partial charge in [-0.2, -0.15) is 10.4 Å². The van der Waals surface area contributed by atoms with E-state index in [4.69, 9.17) is 5.26 Å². The lowest BCUT2D eigenvalue weighted by molar-refractivity contribution is -0.121. The molecule has 1 fully saturated rings. The minimum atomic E-state index is -0.223. The second-order valence-corrected chi connectivity index (χ2v) is 4.32. The topological polar surface area (TPSA) is 94.5 Å². The standard InChI is InChI=1S/C12H11N5O/c13-4-7-3-8-11(16-17-12(8)15-5-7)9-6-14-2-1-10(9)18/h3,5,9,14H,1-2,6H2,(H,15,16,17). The Hall–Kier alpha value is -2.26. The molecule has 6 heteroatoms. The first-order chi connectivity index (χ1) is 8.79. The normalized spacial score (nSPS) is 19.9. The Kier molecular flexibility index (Phi) is 2.54. The van der Waals surface area contributed by atoms with Gasteiger partial charge in [0.05, 0.1) is 17.2 Å². The minimum Gasteiger partial charge on any atom is -0.315 e. The lowest BCUT2D eigenvalue weighted by Gasteiger charge is -2.20. The van der Waals surface area contributed by atoms with E-state index >= 15 is 0 Å². The van der Waals surface area contributed by atoms with Gasteiger partial charge in [-0.25, -0.2) is 4.98 Å². The van der Waals surface area contributed by atoms with Crippen molar-refractivity contribution < 1.29 is 4.79 Å². The number of fused-ring (bicyclic) bond motifs is 1. The highest BCUT2D eigenvalue weighted by atomic mass is 16.1. The number of nitriles is 1. The summed E-state index contributed by atoms with van der Waals surface area (Å²) in [5, 5.41) is 19.8. The van der Waals surface area contributed by atoms with E-state index in [1.165, 1.54) is 6.20 Å². The molecule has 90 valence electrons. The van der Waals surface area contributed by atoms with Crippen molar-refractivity contribution in [1.82, 2.24) is 20.5 Å². The smallest absolute Gasteiger partial charge is 0.181 e. The molecule has 0 radical (unpaired) electrons. The average Bonchev–Trinajstić information content (AvgIpc) is 2.82. The molecule has 1 atom stereocenters. The SMILES string of the molecule is N#Cc1cnc2n[nH]c(C3CNCCC3=O)c2c1. The van der Waals surface area contributed by atoms with Crippen LogP contribution in [0.4, 0.5) is 0 Å². The summed E-state index contributed by atoms with van der Waals surface area (Å²) >= 11 is 0. The number of aromatic amines is 1. The number of hydrogen-bond donors (Lipinski definition) is 2. The van der Waals surface area contributed by atoms with Crippen molar-refractivity contribution >= 4 is 16.8 Å². The zero-order chi connectivity index (χ0) is 12.5. The van der Waals surface area contributed by atoms with Crippen molar-refractivity contribution in [3.8, 4) is 6.07 Å². The van der Waals surface area contributed by atoms with Crippen LogP contribution >= 0.6 is 0 Å². The molecule has 3 rings (SSSR count). The summed E-state index contributed by atoms with van der Waals surface area (Å²) < 4.78 is 0. The fraction of sp³-hybridized carbons (Fsp3) is 0.333. The van der Waals surface area contributed by atoms with Crippen LogP contribution in [0.1, 0.15) is 23.6 Å². The molecule has 1 aliphatic heterocycles. The van der Waals surface area contributed by atoms with Crippen molar-refractivity contribution in [2.24, 2.45) is 0 Å². The molecule has 0 aliphatic carbocycles. The van der Waals surface area contributed by atoms with E-state index < -0.39 is 0 Å². The Morgan fingerprint density at radius 1 is 1.50 bits per heavy atom. The van der Waals surface area contributed by atoms with E-state index in [0.29, 0.717) is 24.2 Å². The summed E-state index contributed by atoms with van der Waals surface area (Å²) in [5.41, 5.74) is 1.77. The number of hydrogen-bond acceptors (Lipinski definition) is 5. The van der Waals surface area contributed by atoms with Crippen molar-refractivity contribution in [3.63, 3.8) is 0 Å². The third-order valence-electron chi connectivity index (χ3n) is 3.20. The van der Waals surface area contributed by atoms with Gasteiger partial charge in [-0.05, 0) is 6.07 Å². The van der Waals surface area contributed by atoms with Crippen LogP contribution in [-0.4, -0.2) is 34.1 Å². The monoisotopic (exact) mass is 241 g/mol. The van der Waals surface area contributed by atoms with E-state index in [0.717, 1.165) is 17.6 Å². The molecule has 0 saturated carbocycles. The number of H-pyrrole nitrogens is 1. The van der Waals surface area contributed by atoms with Gasteiger partial charge in [-0.1, -0.05) is 0 Å². The Labute approximate surface area is 103 Å². The van der Waals surface area contributed by atoms with Gasteiger partial charge in [0.25, 0.3) is 0 Å². The number of ketones is 1. The number of nitrogens with one attached hydrogen (secondary N) is 2. The number of piperidine rings is 1. The molecular formula is C12H11N5O. The number of rotatable bonds is 1. The summed E-state index contributed by atoms with van der Waals surface area (Å²) in [6.07, 6.45) is 2.00. The summed E-state index contributed by atoms with van der Waals surface area (Å²) in [7, 11) is 0. The largest absolute Gasteiger partial charge is 0.315 e. The maximum atomic E-state index is 11.9. The summed E-state index contributed by atoms with van der Waals surface area (Å²) in [4.78, 5) is 16.0. The first-order valence-electron chi connectivity index (χ1n) is 5.77. The van der Waals surface area contributed by atoms with E-state index in [2.05, 4.69) is 20.5 Å². The van der Waals surface area contributed by atoms with Crippen LogP contribution in [0, 0.1) is 11.3 Å². The molecule has 2 aromatic rings. The van der Waals surface area contributed by atoms with Crippen molar-refractivity contribution in [1.29, 1.82) is 5.26 Å². The first kappa shape index (κ1) is 10.9. The molecular weight excluding hydrogens is 230 g/mol. The Bertz CT molecular complexity index is 654. The predicted octanol–water partition coefficient (Wildman–Crippen LogP) is 0.476. The lowest BCUT2D eigenvalue weighted by Crippen LogP contribution is -2.35. The van der Waals surface area contributed by atoms with Crippen molar-refractivity contribution in [3.05, 3.63) is 23.5 Å². The molecule has 0 spiro atoms. The number of carbonyl (C=O) groups excluding carboxylic acids is 1. The molecule has 1 saturated heterocycles. The van der Waals surface area contributed by atoms with Gasteiger partial charge < -0.3 is 5.32 Å². The molecule has 1 aliphatic rings. The fourth-order valence-corrected chi connectivity index (χ4v) is 2.25. The molecule has 1 unspecified atom stereocenters. The van der Waals surface area contributed by atoms with Crippen molar-refractivity contribution in [2.75, 3.05) is 13.1 Å². The molecule has 0 amide bonds. The maximum Gasteiger partial charge on any atom is 0.181 e. The zero-order valence-corrected chi connectivity index (χ0v) is 9.60. The fourth-order valence-electron chi connectivity index (χ4n) is 2.25. The zero-order valence-electron chi connectivity index (χ0n) is 9.60. The van der Waals surface area contributed by atoms with Gasteiger partial charge in [0, 0.05) is 31.1 Å². The van der Waals surface area contributed by atoms with Crippen LogP contribution in [0.5, 0.6) is 0 Å². The quantitative estimate of drug-likeness (QED) is 0.757. The van der Waals surface area contributed by atoms with E-state index in [1.807, 2.05) is 6.07 Å². The number of aromatic nitrogens is 3. The van der Waals surface area contributed by atoms with Gasteiger partial charge in [0.15, 0.2) is 5.65 Å². The Morgan fingerprint density at radius 2 is 2.39 bits per heavy atom. The number of Topliss-reactive ketones (excluding diaryl/α,β-unsaturated/α-hetero) is 1. The summed E-state index contributed by atoms with van der Waals surface area (Å²) in [6.45, 7) is 1.33. The van der Waals surface area contributed by atoms with E-state index in [-0.39, 0.29) is 11.7 Å². The molecule has 18 heavy (non-hydrogen) atoms. The highest BCUT2D eigenvalue weighted by Gasteiger charge is 2.27. The second kappa shape index (κ2) is 4.20. The summed E-state index contributed by atoms with van der Waals surface area (Å²) in [5.74, 6) is -0.0267. The third-order valence-corrected chi connectivity index (χ3v) is 3.20. The number of carbonyl (C=O) groups is 1. The second-order valence-electron chi connectivity index (χ2n) is 4.32. The van der Waals surface area contributed by atoms with Crippen LogP contribution in [0.3, 0.4) is 0 Å². The maximum absolute atomic E-state index is 11.9. The van der Waals surface area contributed by atoms with Crippen LogP contribution in [-0.2, 0) is 4.79 Å². The van der Waals surface area contributed by atoms with Gasteiger partial charge >= 0.3 is 0 Å². The molecule has 2 N–H and O–H groups in total. The highest BCUT2D eigenvalue weighted by molar-refractivity contribution is 5.91. The van der Waals surface area contributed by atoms with Gasteiger partial charge in [0.1, 0.15) is 11.9 Å². The van der Waals surface area contributed by atoms with Crippen LogP contribution < -0.4 is 5.32 Å². The Balaban J connectivity index is 2.11. The van der Waals surface area contributed by atoms with Gasteiger partial charge in [-0.15, -0.1) is 0 Å².